The normalized spacial score (nSPS) is 11.0. The fraction of sp³-hybridized carbons (Fsp3) is 0.0357. The molecule has 34 heavy (non-hydrogen) atoms. The fourth-order valence-corrected chi connectivity index (χ4v) is 4.04. The SMILES string of the molecule is NOCc1ccccc1-c1ccc2[nH]c(=O)c(-c3ccc(Oc4ccccc4)cc3)c(O)c2c1. The molecule has 1 aromatic heterocycles. The van der Waals surface area contributed by atoms with Crippen molar-refractivity contribution in [2.45, 2.75) is 6.61 Å². The molecule has 0 aliphatic carbocycles. The van der Waals surface area contributed by atoms with Gasteiger partial charge in [0.1, 0.15) is 17.2 Å². The lowest BCUT2D eigenvalue weighted by atomic mass is 9.97. The molecule has 0 unspecified atom stereocenters. The van der Waals surface area contributed by atoms with Crippen molar-refractivity contribution in [1.82, 2.24) is 4.98 Å². The molecular formula is C28H22N2O4. The number of rotatable bonds is 6. The predicted octanol–water partition coefficient (Wildman–Crippen LogP) is 5.75. The van der Waals surface area contributed by atoms with E-state index in [1.165, 1.54) is 0 Å². The highest BCUT2D eigenvalue weighted by atomic mass is 16.6. The van der Waals surface area contributed by atoms with Crippen LogP contribution in [0.3, 0.4) is 0 Å². The maximum Gasteiger partial charge on any atom is 0.260 e. The second kappa shape index (κ2) is 9.23. The van der Waals surface area contributed by atoms with Gasteiger partial charge in [-0.2, -0.15) is 0 Å². The molecule has 0 saturated heterocycles. The molecule has 0 spiro atoms. The van der Waals surface area contributed by atoms with Crippen LogP contribution in [0.25, 0.3) is 33.2 Å². The zero-order valence-electron chi connectivity index (χ0n) is 18.2. The molecule has 0 aliphatic heterocycles. The number of fused-ring (bicyclic) bond motifs is 1. The highest BCUT2D eigenvalue weighted by molar-refractivity contribution is 5.94. The molecule has 0 fully saturated rings. The average Bonchev–Trinajstić information content (AvgIpc) is 2.86. The smallest absolute Gasteiger partial charge is 0.260 e. The lowest BCUT2D eigenvalue weighted by Gasteiger charge is -2.12. The van der Waals surface area contributed by atoms with Gasteiger partial charge < -0.3 is 14.8 Å². The molecule has 4 N–H and O–H groups in total. The summed E-state index contributed by atoms with van der Waals surface area (Å²) >= 11 is 0. The first-order valence-electron chi connectivity index (χ1n) is 10.8. The molecule has 0 bridgehead atoms. The van der Waals surface area contributed by atoms with E-state index >= 15 is 0 Å². The van der Waals surface area contributed by atoms with Crippen LogP contribution in [0.5, 0.6) is 17.2 Å². The zero-order valence-corrected chi connectivity index (χ0v) is 18.2. The monoisotopic (exact) mass is 450 g/mol. The number of aromatic amines is 1. The number of aromatic hydroxyl groups is 1. The molecule has 0 saturated carbocycles. The Bertz CT molecular complexity index is 1510. The lowest BCUT2D eigenvalue weighted by Crippen LogP contribution is -2.09. The van der Waals surface area contributed by atoms with Crippen LogP contribution >= 0.6 is 0 Å². The summed E-state index contributed by atoms with van der Waals surface area (Å²) in [7, 11) is 0. The standard InChI is InChI=1S/C28H22N2O4/c29-33-17-20-6-4-5-9-23(20)19-12-15-25-24(16-19)27(31)26(28(32)30-25)18-10-13-22(14-11-18)34-21-7-2-1-3-8-21/h1-16H,17,29H2,(H2,30,31,32). The second-order valence-corrected chi connectivity index (χ2v) is 7.85. The van der Waals surface area contributed by atoms with E-state index in [0.29, 0.717) is 22.2 Å². The van der Waals surface area contributed by atoms with Crippen LogP contribution in [0.1, 0.15) is 5.56 Å². The van der Waals surface area contributed by atoms with Crippen molar-refractivity contribution >= 4 is 10.9 Å². The van der Waals surface area contributed by atoms with Crippen LogP contribution in [0.15, 0.2) is 102 Å². The van der Waals surface area contributed by atoms with Gasteiger partial charge in [-0.3, -0.25) is 9.63 Å². The van der Waals surface area contributed by atoms with Crippen LogP contribution in [0.4, 0.5) is 0 Å². The molecule has 6 nitrogen and oxygen atoms in total. The van der Waals surface area contributed by atoms with Gasteiger partial charge in [0.15, 0.2) is 0 Å². The molecule has 1 heterocycles. The van der Waals surface area contributed by atoms with Crippen molar-refractivity contribution in [3.63, 3.8) is 0 Å². The molecule has 0 amide bonds. The Labute approximate surface area is 195 Å². The first kappa shape index (κ1) is 21.5. The Kier molecular flexibility index (Phi) is 5.82. The maximum absolute atomic E-state index is 12.8. The predicted molar refractivity (Wildman–Crippen MR) is 133 cm³/mol. The third-order valence-corrected chi connectivity index (χ3v) is 5.68. The summed E-state index contributed by atoms with van der Waals surface area (Å²) in [6.45, 7) is 0.258. The number of ether oxygens (including phenoxy) is 1. The quantitative estimate of drug-likeness (QED) is 0.286. The molecule has 4 aromatic carbocycles. The summed E-state index contributed by atoms with van der Waals surface area (Å²) in [5, 5.41) is 11.7. The molecule has 5 aromatic rings. The number of pyridine rings is 1. The fourth-order valence-electron chi connectivity index (χ4n) is 4.04. The first-order valence-corrected chi connectivity index (χ1v) is 10.8. The Balaban J connectivity index is 1.55. The summed E-state index contributed by atoms with van der Waals surface area (Å²) < 4.78 is 5.83. The van der Waals surface area contributed by atoms with Gasteiger partial charge in [0.25, 0.3) is 5.56 Å². The van der Waals surface area contributed by atoms with Crippen molar-refractivity contribution < 1.29 is 14.7 Å². The third-order valence-electron chi connectivity index (χ3n) is 5.68. The van der Waals surface area contributed by atoms with E-state index in [0.717, 1.165) is 22.4 Å². The maximum atomic E-state index is 12.8. The van der Waals surface area contributed by atoms with Crippen LogP contribution in [-0.2, 0) is 11.4 Å². The highest BCUT2D eigenvalue weighted by Gasteiger charge is 2.16. The number of hydrogen-bond donors (Lipinski definition) is 3. The van der Waals surface area contributed by atoms with Crippen molar-refractivity contribution in [2.75, 3.05) is 0 Å². The number of H-pyrrole nitrogens is 1. The van der Waals surface area contributed by atoms with Gasteiger partial charge in [0.05, 0.1) is 17.7 Å². The van der Waals surface area contributed by atoms with E-state index < -0.39 is 0 Å². The molecule has 0 radical (unpaired) electrons. The van der Waals surface area contributed by atoms with Gasteiger partial charge in [-0.05, 0) is 58.7 Å². The van der Waals surface area contributed by atoms with E-state index in [1.54, 1.807) is 30.3 Å². The highest BCUT2D eigenvalue weighted by Crippen LogP contribution is 2.36. The van der Waals surface area contributed by atoms with Crippen LogP contribution in [0, 0.1) is 0 Å². The molecule has 168 valence electrons. The van der Waals surface area contributed by atoms with Gasteiger partial charge in [0, 0.05) is 5.39 Å². The minimum absolute atomic E-state index is 0.0788. The minimum Gasteiger partial charge on any atom is -0.506 e. The summed E-state index contributed by atoms with van der Waals surface area (Å²) in [6, 6.07) is 29.8. The summed E-state index contributed by atoms with van der Waals surface area (Å²) in [5.41, 5.74) is 3.70. The van der Waals surface area contributed by atoms with Crippen LogP contribution in [-0.4, -0.2) is 10.1 Å². The topological polar surface area (TPSA) is 97.6 Å². The van der Waals surface area contributed by atoms with Gasteiger partial charge in [-0.15, -0.1) is 0 Å². The molecule has 0 aliphatic rings. The molecule has 6 heteroatoms. The summed E-state index contributed by atoms with van der Waals surface area (Å²) in [4.78, 5) is 20.6. The molecule has 0 atom stereocenters. The van der Waals surface area contributed by atoms with E-state index in [2.05, 4.69) is 4.98 Å². The van der Waals surface area contributed by atoms with Gasteiger partial charge in [0.2, 0.25) is 0 Å². The van der Waals surface area contributed by atoms with E-state index in [9.17, 15) is 9.90 Å². The van der Waals surface area contributed by atoms with Gasteiger partial charge in [-0.1, -0.05) is 60.7 Å². The summed E-state index contributed by atoms with van der Waals surface area (Å²) in [5.74, 6) is 6.56. The zero-order chi connectivity index (χ0) is 23.5. The number of para-hydroxylation sites is 1. The Hall–Kier alpha value is -4.39. The second-order valence-electron chi connectivity index (χ2n) is 7.85. The van der Waals surface area contributed by atoms with Gasteiger partial charge >= 0.3 is 0 Å². The van der Waals surface area contributed by atoms with Crippen molar-refractivity contribution in [2.24, 2.45) is 5.90 Å². The van der Waals surface area contributed by atoms with E-state index in [1.807, 2.05) is 66.7 Å². The van der Waals surface area contributed by atoms with E-state index in [4.69, 9.17) is 15.5 Å². The van der Waals surface area contributed by atoms with Crippen molar-refractivity contribution in [1.29, 1.82) is 0 Å². The number of nitrogens with two attached hydrogens (primary N) is 1. The Morgan fingerprint density at radius 1 is 0.794 bits per heavy atom. The van der Waals surface area contributed by atoms with Crippen LogP contribution in [0.2, 0.25) is 0 Å². The van der Waals surface area contributed by atoms with Crippen LogP contribution < -0.4 is 16.2 Å². The minimum atomic E-state index is -0.369. The average molecular weight is 450 g/mol. The third kappa shape index (κ3) is 4.15. The Morgan fingerprint density at radius 3 is 2.24 bits per heavy atom. The van der Waals surface area contributed by atoms with Gasteiger partial charge in [-0.25, -0.2) is 5.90 Å². The van der Waals surface area contributed by atoms with Crippen molar-refractivity contribution in [3.8, 4) is 39.5 Å². The first-order chi connectivity index (χ1) is 16.6. The number of aromatic nitrogens is 1. The number of hydrogen-bond acceptors (Lipinski definition) is 5. The largest absolute Gasteiger partial charge is 0.506 e. The molecule has 5 rings (SSSR count). The van der Waals surface area contributed by atoms with E-state index in [-0.39, 0.29) is 23.5 Å². The lowest BCUT2D eigenvalue weighted by molar-refractivity contribution is 0.124. The van der Waals surface area contributed by atoms with Crippen molar-refractivity contribution in [3.05, 3.63) is 113 Å². The Morgan fingerprint density at radius 2 is 1.47 bits per heavy atom. The summed E-state index contributed by atoms with van der Waals surface area (Å²) in [6.07, 6.45) is 0. The molecular weight excluding hydrogens is 428 g/mol. The number of nitrogens with one attached hydrogen (secondary N) is 1. The number of benzene rings is 4.